The van der Waals surface area contributed by atoms with E-state index in [-0.39, 0.29) is 18.0 Å². The summed E-state index contributed by atoms with van der Waals surface area (Å²) in [5.41, 5.74) is 5.35. The van der Waals surface area contributed by atoms with Gasteiger partial charge in [-0.1, -0.05) is 17.7 Å². The lowest BCUT2D eigenvalue weighted by Crippen LogP contribution is -2.28. The van der Waals surface area contributed by atoms with Crippen LogP contribution in [-0.2, 0) is 11.3 Å². The van der Waals surface area contributed by atoms with E-state index in [0.717, 1.165) is 27.9 Å². The number of nitrogens with one attached hydrogen (secondary N) is 1. The minimum atomic E-state index is -0.302. The van der Waals surface area contributed by atoms with Gasteiger partial charge in [-0.15, -0.1) is 0 Å². The first-order valence-corrected chi connectivity index (χ1v) is 10.5. The minimum absolute atomic E-state index is 0.0983. The predicted molar refractivity (Wildman–Crippen MR) is 127 cm³/mol. The summed E-state index contributed by atoms with van der Waals surface area (Å²) in [5, 5.41) is 7.44. The number of hydrogen-bond acceptors (Lipinski definition) is 5. The van der Waals surface area contributed by atoms with Gasteiger partial charge in [0, 0.05) is 23.6 Å². The Morgan fingerprint density at radius 3 is 2.33 bits per heavy atom. The molecule has 0 unspecified atom stereocenters. The molecule has 0 aliphatic carbocycles. The minimum Gasteiger partial charge on any atom is -0.493 e. The molecule has 4 aromatic rings. The lowest BCUT2D eigenvalue weighted by Gasteiger charge is -2.13. The van der Waals surface area contributed by atoms with Gasteiger partial charge in [0.2, 0.25) is 5.91 Å². The molecule has 1 N–H and O–H groups in total. The number of fused-ring (bicyclic) bond motifs is 1. The molecule has 0 fully saturated rings. The normalized spacial score (nSPS) is 10.9. The SMILES string of the molecule is COc1ccc(-c2cc3c(=O)n(CC(=O)Nc4c(C)cc(C)cc4C)ccn3n2)cc1OC. The van der Waals surface area contributed by atoms with Gasteiger partial charge in [-0.2, -0.15) is 5.10 Å². The smallest absolute Gasteiger partial charge is 0.277 e. The maximum atomic E-state index is 13.0. The molecule has 0 aliphatic heterocycles. The maximum Gasteiger partial charge on any atom is 0.277 e. The van der Waals surface area contributed by atoms with Crippen molar-refractivity contribution < 1.29 is 14.3 Å². The van der Waals surface area contributed by atoms with E-state index in [2.05, 4.69) is 10.4 Å². The summed E-state index contributed by atoms with van der Waals surface area (Å²) in [7, 11) is 3.14. The standard InChI is InChI=1S/C25H26N4O4/c1-15-10-16(2)24(17(3)11-15)26-23(30)14-28-8-9-29-20(25(28)31)13-19(27-29)18-6-7-21(32-4)22(12-18)33-5/h6-13H,14H2,1-5H3,(H,26,30). The van der Waals surface area contributed by atoms with Crippen LogP contribution < -0.4 is 20.3 Å². The Labute approximate surface area is 191 Å². The van der Waals surface area contributed by atoms with Crippen molar-refractivity contribution in [3.63, 3.8) is 0 Å². The summed E-state index contributed by atoms with van der Waals surface area (Å²) in [6.45, 7) is 5.83. The van der Waals surface area contributed by atoms with Crippen molar-refractivity contribution in [3.8, 4) is 22.8 Å². The van der Waals surface area contributed by atoms with Gasteiger partial charge in [-0.25, -0.2) is 4.52 Å². The fraction of sp³-hybridized carbons (Fsp3) is 0.240. The van der Waals surface area contributed by atoms with E-state index in [9.17, 15) is 9.59 Å². The van der Waals surface area contributed by atoms with Crippen LogP contribution in [0.1, 0.15) is 16.7 Å². The van der Waals surface area contributed by atoms with Crippen molar-refractivity contribution in [2.45, 2.75) is 27.3 Å². The molecule has 2 aromatic carbocycles. The van der Waals surface area contributed by atoms with Gasteiger partial charge in [0.05, 0.1) is 19.9 Å². The quantitative estimate of drug-likeness (QED) is 0.488. The molecular weight excluding hydrogens is 420 g/mol. The average molecular weight is 447 g/mol. The Balaban J connectivity index is 1.61. The number of carbonyl (C=O) groups excluding carboxylic acids is 1. The highest BCUT2D eigenvalue weighted by Crippen LogP contribution is 2.31. The van der Waals surface area contributed by atoms with Crippen LogP contribution in [0.4, 0.5) is 5.69 Å². The van der Waals surface area contributed by atoms with Crippen molar-refractivity contribution >= 4 is 17.1 Å². The third-order valence-corrected chi connectivity index (χ3v) is 5.54. The molecule has 0 radical (unpaired) electrons. The summed E-state index contributed by atoms with van der Waals surface area (Å²) in [6.07, 6.45) is 3.23. The summed E-state index contributed by atoms with van der Waals surface area (Å²) in [5.74, 6) is 0.913. The van der Waals surface area contributed by atoms with Crippen molar-refractivity contribution in [3.05, 3.63) is 75.8 Å². The van der Waals surface area contributed by atoms with Gasteiger partial charge >= 0.3 is 0 Å². The van der Waals surface area contributed by atoms with Crippen LogP contribution in [0, 0.1) is 20.8 Å². The van der Waals surface area contributed by atoms with Gasteiger partial charge in [-0.3, -0.25) is 9.59 Å². The Kier molecular flexibility index (Phi) is 5.91. The topological polar surface area (TPSA) is 86.9 Å². The van der Waals surface area contributed by atoms with E-state index >= 15 is 0 Å². The molecule has 0 bridgehead atoms. The number of methoxy groups -OCH3 is 2. The maximum absolute atomic E-state index is 13.0. The number of benzene rings is 2. The first-order chi connectivity index (χ1) is 15.8. The number of ether oxygens (including phenoxy) is 2. The molecule has 8 heteroatoms. The summed E-state index contributed by atoms with van der Waals surface area (Å²) in [4.78, 5) is 25.7. The monoisotopic (exact) mass is 446 g/mol. The van der Waals surface area contributed by atoms with Crippen LogP contribution in [-0.4, -0.2) is 34.3 Å². The molecule has 170 valence electrons. The van der Waals surface area contributed by atoms with Crippen molar-refractivity contribution in [1.82, 2.24) is 14.2 Å². The second-order valence-electron chi connectivity index (χ2n) is 7.98. The number of anilines is 1. The molecule has 8 nitrogen and oxygen atoms in total. The fourth-order valence-corrected chi connectivity index (χ4v) is 4.00. The third kappa shape index (κ3) is 4.32. The zero-order chi connectivity index (χ0) is 23.7. The van der Waals surface area contributed by atoms with Gasteiger partial charge in [0.25, 0.3) is 5.56 Å². The second-order valence-corrected chi connectivity index (χ2v) is 7.98. The van der Waals surface area contributed by atoms with Crippen LogP contribution in [0.3, 0.4) is 0 Å². The highest BCUT2D eigenvalue weighted by Gasteiger charge is 2.14. The largest absolute Gasteiger partial charge is 0.493 e. The molecule has 0 atom stereocenters. The molecule has 1 amide bonds. The molecule has 2 aromatic heterocycles. The molecule has 0 saturated carbocycles. The molecule has 4 rings (SSSR count). The van der Waals surface area contributed by atoms with Crippen molar-refractivity contribution in [2.24, 2.45) is 0 Å². The Hall–Kier alpha value is -4.07. The van der Waals surface area contributed by atoms with Crippen LogP contribution in [0.5, 0.6) is 11.5 Å². The highest BCUT2D eigenvalue weighted by atomic mass is 16.5. The number of aryl methyl sites for hydroxylation is 3. The molecule has 0 saturated heterocycles. The molecule has 33 heavy (non-hydrogen) atoms. The summed E-state index contributed by atoms with van der Waals surface area (Å²) < 4.78 is 13.5. The third-order valence-electron chi connectivity index (χ3n) is 5.54. The van der Waals surface area contributed by atoms with Crippen LogP contribution in [0.25, 0.3) is 16.8 Å². The number of aromatic nitrogens is 3. The van der Waals surface area contributed by atoms with Crippen molar-refractivity contribution in [1.29, 1.82) is 0 Å². The number of amides is 1. The average Bonchev–Trinajstić information content (AvgIpc) is 3.23. The molecule has 0 aliphatic rings. The Bertz CT molecular complexity index is 1390. The Morgan fingerprint density at radius 1 is 0.970 bits per heavy atom. The lowest BCUT2D eigenvalue weighted by atomic mass is 10.1. The van der Waals surface area contributed by atoms with Crippen LogP contribution in [0.15, 0.2) is 53.6 Å². The molecule has 0 spiro atoms. The zero-order valence-corrected chi connectivity index (χ0v) is 19.3. The van der Waals surface area contributed by atoms with E-state index in [1.165, 1.54) is 9.08 Å². The van der Waals surface area contributed by atoms with E-state index in [4.69, 9.17) is 9.47 Å². The lowest BCUT2D eigenvalue weighted by molar-refractivity contribution is -0.116. The molecular formula is C25H26N4O4. The van der Waals surface area contributed by atoms with Gasteiger partial charge in [-0.05, 0) is 56.2 Å². The first-order valence-electron chi connectivity index (χ1n) is 10.5. The number of carbonyl (C=O) groups is 1. The number of rotatable bonds is 6. The zero-order valence-electron chi connectivity index (χ0n) is 19.3. The number of nitrogens with zero attached hydrogens (tertiary/aromatic N) is 3. The highest BCUT2D eigenvalue weighted by molar-refractivity contribution is 5.92. The van der Waals surface area contributed by atoms with Crippen molar-refractivity contribution in [2.75, 3.05) is 19.5 Å². The fourth-order valence-electron chi connectivity index (χ4n) is 4.00. The van der Waals surface area contributed by atoms with E-state index in [1.807, 2.05) is 39.0 Å². The molecule has 2 heterocycles. The second kappa shape index (κ2) is 8.82. The van der Waals surface area contributed by atoms with Crippen LogP contribution >= 0.6 is 0 Å². The summed E-state index contributed by atoms with van der Waals surface area (Å²) in [6, 6.07) is 11.2. The summed E-state index contributed by atoms with van der Waals surface area (Å²) >= 11 is 0. The number of hydrogen-bond donors (Lipinski definition) is 1. The Morgan fingerprint density at radius 2 is 1.67 bits per heavy atom. The van der Waals surface area contributed by atoms with Crippen LogP contribution in [0.2, 0.25) is 0 Å². The predicted octanol–water partition coefficient (Wildman–Crippen LogP) is 3.74. The first kappa shape index (κ1) is 22.1. The van der Waals surface area contributed by atoms with E-state index < -0.39 is 0 Å². The van der Waals surface area contributed by atoms with Gasteiger partial charge in [0.1, 0.15) is 12.1 Å². The van der Waals surface area contributed by atoms with Gasteiger partial charge < -0.3 is 19.4 Å². The van der Waals surface area contributed by atoms with Gasteiger partial charge in [0.15, 0.2) is 11.5 Å². The van der Waals surface area contributed by atoms with E-state index in [1.54, 1.807) is 44.8 Å². The van der Waals surface area contributed by atoms with E-state index in [0.29, 0.717) is 22.7 Å².